The molecule has 8 nitrogen and oxygen atoms in total. The zero-order chi connectivity index (χ0) is 22.2. The van der Waals surface area contributed by atoms with E-state index < -0.39 is 0 Å². The Bertz CT molecular complexity index is 1240. The first kappa shape index (κ1) is 20.9. The van der Waals surface area contributed by atoms with Crippen LogP contribution in [0, 0.1) is 22.7 Å². The summed E-state index contributed by atoms with van der Waals surface area (Å²) in [7, 11) is 0. The summed E-state index contributed by atoms with van der Waals surface area (Å²) in [4.78, 5) is 12.9. The molecule has 2 aromatic heterocycles. The molecule has 0 amide bonds. The summed E-state index contributed by atoms with van der Waals surface area (Å²) in [5.41, 5.74) is 3.53. The maximum Gasteiger partial charge on any atom is 0.223 e. The highest BCUT2D eigenvalue weighted by atomic mass is 32.2. The minimum atomic E-state index is 0.435. The first-order valence-electron chi connectivity index (χ1n) is 9.78. The number of hydrogen-bond donors (Lipinski definition) is 3. The van der Waals surface area contributed by atoms with E-state index >= 15 is 0 Å². The molecule has 156 valence electrons. The molecule has 0 bridgehead atoms. The topological polar surface area (TPSA) is 122 Å². The van der Waals surface area contributed by atoms with Gasteiger partial charge in [0.1, 0.15) is 23.5 Å². The average Bonchev–Trinajstić information content (AvgIpc) is 3.33. The monoisotopic (exact) mass is 438 g/mol. The molecule has 9 heteroatoms. The summed E-state index contributed by atoms with van der Waals surface area (Å²) in [6.07, 6.45) is 3.15. The fourth-order valence-corrected chi connectivity index (χ4v) is 3.78. The van der Waals surface area contributed by atoms with E-state index in [9.17, 15) is 5.26 Å². The molecular formula is C23H18N8S. The van der Waals surface area contributed by atoms with Crippen LogP contribution < -0.4 is 16.0 Å². The zero-order valence-corrected chi connectivity index (χ0v) is 17.7. The Hall–Kier alpha value is -4.34. The Morgan fingerprint density at radius 1 is 1.00 bits per heavy atom. The van der Waals surface area contributed by atoms with Gasteiger partial charge in [-0.15, -0.1) is 0 Å². The molecule has 0 atom stereocenters. The Kier molecular flexibility index (Phi) is 6.61. The summed E-state index contributed by atoms with van der Waals surface area (Å²) in [6, 6.07) is 19.4. The van der Waals surface area contributed by atoms with Crippen molar-refractivity contribution in [2.45, 2.75) is 0 Å². The molecule has 0 saturated carbocycles. The van der Waals surface area contributed by atoms with Crippen molar-refractivity contribution in [2.24, 2.45) is 0 Å². The van der Waals surface area contributed by atoms with E-state index in [0.717, 1.165) is 16.3 Å². The highest BCUT2D eigenvalue weighted by Crippen LogP contribution is 2.34. The second kappa shape index (κ2) is 10.1. The summed E-state index contributed by atoms with van der Waals surface area (Å²) >= 11 is 1.47. The molecule has 0 fully saturated rings. The number of benzene rings is 1. The third-order valence-electron chi connectivity index (χ3n) is 4.49. The maximum atomic E-state index is 9.76. The van der Waals surface area contributed by atoms with Crippen molar-refractivity contribution in [3.8, 4) is 12.1 Å². The number of allylic oxidation sites excluding steroid dienone is 1. The van der Waals surface area contributed by atoms with Gasteiger partial charge in [-0.3, -0.25) is 0 Å². The first-order chi connectivity index (χ1) is 15.8. The van der Waals surface area contributed by atoms with Gasteiger partial charge in [-0.25, -0.2) is 15.0 Å². The van der Waals surface area contributed by atoms with Crippen molar-refractivity contribution in [1.82, 2.24) is 20.3 Å². The van der Waals surface area contributed by atoms with Gasteiger partial charge in [0.2, 0.25) is 5.95 Å². The highest BCUT2D eigenvalue weighted by molar-refractivity contribution is 8.06. The van der Waals surface area contributed by atoms with E-state index in [-0.39, 0.29) is 0 Å². The predicted molar refractivity (Wildman–Crippen MR) is 126 cm³/mol. The van der Waals surface area contributed by atoms with Gasteiger partial charge in [0.05, 0.1) is 22.0 Å². The van der Waals surface area contributed by atoms with Gasteiger partial charge in [0, 0.05) is 30.9 Å². The summed E-state index contributed by atoms with van der Waals surface area (Å²) < 4.78 is 0. The number of nitrogens with zero attached hydrogens (tertiary/aromatic N) is 5. The highest BCUT2D eigenvalue weighted by Gasteiger charge is 2.18. The Morgan fingerprint density at radius 2 is 1.84 bits per heavy atom. The number of thioether (sulfide) groups is 1. The molecule has 1 aromatic carbocycles. The second-order valence-corrected chi connectivity index (χ2v) is 7.50. The summed E-state index contributed by atoms with van der Waals surface area (Å²) in [5.74, 6) is 1.12. The van der Waals surface area contributed by atoms with Crippen LogP contribution in [-0.2, 0) is 0 Å². The van der Waals surface area contributed by atoms with Gasteiger partial charge in [0.15, 0.2) is 0 Å². The number of nitriles is 2. The van der Waals surface area contributed by atoms with Crippen LogP contribution in [-0.4, -0.2) is 28.0 Å². The first-order valence-corrected chi connectivity index (χ1v) is 10.7. The summed E-state index contributed by atoms with van der Waals surface area (Å²) in [5, 5.41) is 30.9. The fraction of sp³-hybridized carbons (Fsp3) is 0.0870. The van der Waals surface area contributed by atoms with Crippen molar-refractivity contribution < 1.29 is 0 Å². The van der Waals surface area contributed by atoms with E-state index in [1.54, 1.807) is 24.4 Å². The molecule has 0 spiro atoms. The number of nitrogens with one attached hydrogen (secondary N) is 3. The van der Waals surface area contributed by atoms with Gasteiger partial charge >= 0.3 is 0 Å². The van der Waals surface area contributed by atoms with Crippen LogP contribution in [0.25, 0.3) is 11.3 Å². The minimum absolute atomic E-state index is 0.435. The van der Waals surface area contributed by atoms with Gasteiger partial charge in [-0.05, 0) is 23.8 Å². The molecule has 0 unspecified atom stereocenters. The van der Waals surface area contributed by atoms with Crippen molar-refractivity contribution >= 4 is 34.8 Å². The molecule has 3 N–H and O–H groups in total. The van der Waals surface area contributed by atoms with E-state index in [2.05, 4.69) is 37.0 Å². The van der Waals surface area contributed by atoms with Crippen molar-refractivity contribution in [3.05, 3.63) is 88.2 Å². The molecule has 4 rings (SSSR count). The Labute approximate surface area is 189 Å². The van der Waals surface area contributed by atoms with E-state index in [4.69, 9.17) is 5.26 Å². The molecule has 32 heavy (non-hydrogen) atoms. The molecular weight excluding hydrogens is 420 g/mol. The number of hydrogen-bond acceptors (Lipinski definition) is 9. The summed E-state index contributed by atoms with van der Waals surface area (Å²) in [6.45, 7) is 1.14. The molecule has 0 saturated heterocycles. The molecule has 0 radical (unpaired) electrons. The number of rotatable bonds is 7. The van der Waals surface area contributed by atoms with Gasteiger partial charge in [-0.1, -0.05) is 42.1 Å². The van der Waals surface area contributed by atoms with E-state index in [1.165, 1.54) is 18.0 Å². The minimum Gasteiger partial charge on any atom is -0.368 e. The molecule has 0 aliphatic carbocycles. The average molecular weight is 439 g/mol. The van der Waals surface area contributed by atoms with Crippen LogP contribution in [0.15, 0.2) is 71.4 Å². The van der Waals surface area contributed by atoms with Gasteiger partial charge in [0.25, 0.3) is 0 Å². The third-order valence-corrected chi connectivity index (χ3v) is 5.38. The largest absolute Gasteiger partial charge is 0.368 e. The SMILES string of the molecule is N#C/C(=C1\NC(c2ccccc2)=CS1)c1ccnc(NCCNc2ccc(C#N)cn2)n1. The normalized spacial score (nSPS) is 13.9. The van der Waals surface area contributed by atoms with Crippen molar-refractivity contribution in [2.75, 3.05) is 23.7 Å². The van der Waals surface area contributed by atoms with Crippen LogP contribution in [0.5, 0.6) is 0 Å². The molecule has 3 aromatic rings. The van der Waals surface area contributed by atoms with Crippen LogP contribution in [0.1, 0.15) is 16.8 Å². The lowest BCUT2D eigenvalue weighted by atomic mass is 10.1. The predicted octanol–water partition coefficient (Wildman–Crippen LogP) is 3.79. The number of aromatic nitrogens is 3. The van der Waals surface area contributed by atoms with Crippen LogP contribution >= 0.6 is 11.8 Å². The molecule has 3 heterocycles. The van der Waals surface area contributed by atoms with E-state index in [1.807, 2.05) is 41.8 Å². The van der Waals surface area contributed by atoms with Crippen LogP contribution in [0.2, 0.25) is 0 Å². The number of anilines is 2. The number of pyridine rings is 1. The lowest BCUT2D eigenvalue weighted by molar-refractivity contribution is 1.01. The fourth-order valence-electron chi connectivity index (χ4n) is 2.92. The standard InChI is InChI=1S/C23H18N8S/c24-12-16-6-7-21(29-14-16)26-10-11-28-23-27-9-8-19(31-23)18(13-25)22-30-20(15-32-22)17-4-2-1-3-5-17/h1-9,14-15,30H,10-11H2,(H,26,29)(H,27,28,31)/b22-18-. The van der Waals surface area contributed by atoms with E-state index in [0.29, 0.717) is 41.7 Å². The molecule has 1 aliphatic heterocycles. The lowest BCUT2D eigenvalue weighted by Gasteiger charge is -2.09. The maximum absolute atomic E-state index is 9.76. The Balaban J connectivity index is 1.38. The Morgan fingerprint density at radius 3 is 2.59 bits per heavy atom. The van der Waals surface area contributed by atoms with Gasteiger partial charge < -0.3 is 16.0 Å². The zero-order valence-electron chi connectivity index (χ0n) is 16.9. The quantitative estimate of drug-likeness (QED) is 0.373. The molecule has 1 aliphatic rings. The van der Waals surface area contributed by atoms with Crippen molar-refractivity contribution in [1.29, 1.82) is 10.5 Å². The van der Waals surface area contributed by atoms with Crippen molar-refractivity contribution in [3.63, 3.8) is 0 Å². The van der Waals surface area contributed by atoms with Gasteiger partial charge in [-0.2, -0.15) is 10.5 Å². The third kappa shape index (κ3) is 5.04. The lowest BCUT2D eigenvalue weighted by Crippen LogP contribution is -2.16. The second-order valence-electron chi connectivity index (χ2n) is 6.62. The van der Waals surface area contributed by atoms with Crippen LogP contribution in [0.4, 0.5) is 11.8 Å². The van der Waals surface area contributed by atoms with Crippen LogP contribution in [0.3, 0.4) is 0 Å². The smallest absolute Gasteiger partial charge is 0.223 e.